The fraction of sp³-hybridized carbons (Fsp3) is 0.217. The van der Waals surface area contributed by atoms with Crippen LogP contribution >= 0.6 is 35.3 Å². The summed E-state index contributed by atoms with van der Waals surface area (Å²) < 4.78 is 36.2. The highest BCUT2D eigenvalue weighted by Gasteiger charge is 2.23. The van der Waals surface area contributed by atoms with E-state index in [1.165, 1.54) is 19.2 Å². The van der Waals surface area contributed by atoms with Crippen molar-refractivity contribution in [3.05, 3.63) is 70.1 Å². The maximum Gasteiger partial charge on any atom is 0.272 e. The first-order chi connectivity index (χ1) is 16.7. The van der Waals surface area contributed by atoms with E-state index in [1.54, 1.807) is 10.7 Å². The van der Waals surface area contributed by atoms with Crippen molar-refractivity contribution in [3.63, 3.8) is 0 Å². The molecule has 0 aliphatic rings. The molecule has 3 N–H and O–H groups in total. The summed E-state index contributed by atoms with van der Waals surface area (Å²) in [4.78, 5) is 13.0. The number of amides is 1. The molecule has 0 atom stereocenters. The van der Waals surface area contributed by atoms with Crippen molar-refractivity contribution in [1.29, 1.82) is 0 Å². The molecule has 0 unspecified atom stereocenters. The predicted octanol–water partition coefficient (Wildman–Crippen LogP) is 3.95. The second-order valence-corrected chi connectivity index (χ2v) is 11.6. The minimum Gasteiger partial charge on any atom is -0.496 e. The summed E-state index contributed by atoms with van der Waals surface area (Å²) in [5.41, 5.74) is 7.96. The average molecular weight is 571 g/mol. The van der Waals surface area contributed by atoms with Crippen molar-refractivity contribution in [3.8, 4) is 5.75 Å². The van der Waals surface area contributed by atoms with Gasteiger partial charge in [0.2, 0.25) is 5.91 Å². The molecule has 2 aromatic carbocycles. The molecule has 192 valence electrons. The van der Waals surface area contributed by atoms with Crippen molar-refractivity contribution in [2.75, 3.05) is 25.4 Å². The maximum absolute atomic E-state index is 13.0. The monoisotopic (exact) mass is 569 g/mol. The third kappa shape index (κ3) is 6.29. The van der Waals surface area contributed by atoms with E-state index in [1.807, 2.05) is 48.3 Å². The first kappa shape index (κ1) is 27.8. The van der Waals surface area contributed by atoms with Crippen molar-refractivity contribution < 1.29 is 17.9 Å². The normalized spacial score (nSPS) is 11.4. The Morgan fingerprint density at radius 2 is 1.92 bits per heavy atom. The van der Waals surface area contributed by atoms with E-state index in [9.17, 15) is 13.2 Å². The molecule has 36 heavy (non-hydrogen) atoms. The Morgan fingerprint density at radius 3 is 2.58 bits per heavy atom. The zero-order valence-corrected chi connectivity index (χ0v) is 22.7. The molecular weight excluding hydrogens is 545 g/mol. The quantitative estimate of drug-likeness (QED) is 0.298. The van der Waals surface area contributed by atoms with E-state index in [0.717, 1.165) is 22.5 Å². The number of ether oxygens (including phenoxy) is 1. The van der Waals surface area contributed by atoms with Crippen LogP contribution in [-0.4, -0.2) is 49.7 Å². The molecule has 0 bridgehead atoms. The van der Waals surface area contributed by atoms with Crippen LogP contribution in [0.1, 0.15) is 11.1 Å². The molecule has 0 radical (unpaired) electrons. The fourth-order valence-corrected chi connectivity index (χ4v) is 6.30. The number of rotatable bonds is 10. The van der Waals surface area contributed by atoms with Gasteiger partial charge >= 0.3 is 0 Å². The molecule has 13 heteroatoms. The number of hydrogen-bond acceptors (Lipinski definition) is 7. The summed E-state index contributed by atoms with van der Waals surface area (Å²) in [7, 11) is -0.543. The summed E-state index contributed by atoms with van der Waals surface area (Å²) in [6.45, 7) is 1.11. The van der Waals surface area contributed by atoms with Crippen LogP contribution in [0.5, 0.6) is 5.75 Å². The number of thiophene rings is 1. The number of aromatic nitrogens is 2. The number of carbonyl (C=O) groups is 1. The third-order valence-corrected chi connectivity index (χ3v) is 8.27. The number of benzene rings is 2. The molecule has 9 nitrogen and oxygen atoms in total. The van der Waals surface area contributed by atoms with Gasteiger partial charge in [-0.05, 0) is 42.4 Å². The molecule has 0 saturated carbocycles. The summed E-state index contributed by atoms with van der Waals surface area (Å²) in [5, 5.41) is 5.14. The number of methoxy groups -OCH3 is 1. The van der Waals surface area contributed by atoms with Gasteiger partial charge < -0.3 is 10.5 Å². The highest BCUT2D eigenvalue weighted by molar-refractivity contribution is 7.94. The SMILES string of the molecule is COc1cccc2c1c(NS(=O)(=O)c1ccc(Cl)s1)nn2Cc1cccc(CN(C)CC(N)=O)c1.Cl. The first-order valence-corrected chi connectivity index (χ1v) is 13.2. The molecule has 0 aliphatic heterocycles. The molecule has 4 rings (SSSR count). The van der Waals surface area contributed by atoms with Gasteiger partial charge in [-0.3, -0.25) is 19.1 Å². The van der Waals surface area contributed by atoms with Gasteiger partial charge in [-0.1, -0.05) is 41.9 Å². The van der Waals surface area contributed by atoms with Crippen molar-refractivity contribution >= 4 is 68.0 Å². The minimum atomic E-state index is -3.89. The standard InChI is InChI=1S/C23H24ClN5O4S2.ClH/c1-28(14-20(25)30)12-15-5-3-6-16(11-15)13-29-17-7-4-8-18(33-2)22(17)23(26-29)27-35(31,32)21-10-9-19(24)34-21;/h3-11H,12-14H2,1-2H3,(H2,25,30)(H,26,27);1H. The van der Waals surface area contributed by atoms with Gasteiger partial charge in [0, 0.05) is 6.54 Å². The lowest BCUT2D eigenvalue weighted by atomic mass is 10.1. The van der Waals surface area contributed by atoms with E-state index in [4.69, 9.17) is 22.1 Å². The molecule has 0 fully saturated rings. The van der Waals surface area contributed by atoms with E-state index in [-0.39, 0.29) is 34.9 Å². The minimum absolute atomic E-state index is 0. The van der Waals surface area contributed by atoms with Crippen LogP contribution in [0.4, 0.5) is 5.82 Å². The van der Waals surface area contributed by atoms with Crippen LogP contribution in [0.25, 0.3) is 10.9 Å². The largest absolute Gasteiger partial charge is 0.496 e. The fourth-order valence-electron chi connectivity index (χ4n) is 3.81. The number of sulfonamides is 1. The Hall–Kier alpha value is -2.83. The molecule has 2 heterocycles. The zero-order chi connectivity index (χ0) is 25.2. The molecule has 0 saturated heterocycles. The summed E-state index contributed by atoms with van der Waals surface area (Å²) >= 11 is 6.90. The van der Waals surface area contributed by atoms with Crippen LogP contribution in [-0.2, 0) is 27.9 Å². The second kappa shape index (κ2) is 11.5. The molecule has 0 spiro atoms. The van der Waals surface area contributed by atoms with Gasteiger partial charge in [0.1, 0.15) is 9.96 Å². The number of nitrogens with one attached hydrogen (secondary N) is 1. The highest BCUT2D eigenvalue weighted by atomic mass is 35.5. The summed E-state index contributed by atoms with van der Waals surface area (Å²) in [6.07, 6.45) is 0. The Labute approximate surface area is 224 Å². The number of likely N-dealkylation sites (N-methyl/N-ethyl adjacent to an activating group) is 1. The van der Waals surface area contributed by atoms with Crippen LogP contribution in [0, 0.1) is 0 Å². The van der Waals surface area contributed by atoms with Crippen molar-refractivity contribution in [1.82, 2.24) is 14.7 Å². The zero-order valence-electron chi connectivity index (χ0n) is 19.5. The summed E-state index contributed by atoms with van der Waals surface area (Å²) in [5.74, 6) is 0.275. The van der Waals surface area contributed by atoms with E-state index in [0.29, 0.717) is 34.1 Å². The van der Waals surface area contributed by atoms with E-state index < -0.39 is 10.0 Å². The topological polar surface area (TPSA) is 120 Å². The number of primary amides is 1. The number of hydrogen-bond donors (Lipinski definition) is 2. The first-order valence-electron chi connectivity index (χ1n) is 10.5. The van der Waals surface area contributed by atoms with E-state index >= 15 is 0 Å². The Kier molecular flexibility index (Phi) is 8.85. The third-order valence-electron chi connectivity index (χ3n) is 5.21. The van der Waals surface area contributed by atoms with Crippen molar-refractivity contribution in [2.45, 2.75) is 17.3 Å². The molecule has 0 aliphatic carbocycles. The number of nitrogens with two attached hydrogens (primary N) is 1. The Balaban J connectivity index is 0.00000361. The Morgan fingerprint density at radius 1 is 1.19 bits per heavy atom. The lowest BCUT2D eigenvalue weighted by molar-refractivity contribution is -0.118. The van der Waals surface area contributed by atoms with Crippen LogP contribution in [0.15, 0.2) is 58.8 Å². The van der Waals surface area contributed by atoms with Gasteiger partial charge in [-0.2, -0.15) is 5.10 Å². The van der Waals surface area contributed by atoms with Gasteiger partial charge in [0.25, 0.3) is 10.0 Å². The number of anilines is 1. The van der Waals surface area contributed by atoms with Crippen LogP contribution < -0.4 is 15.2 Å². The van der Waals surface area contributed by atoms with Gasteiger partial charge in [0.15, 0.2) is 5.82 Å². The van der Waals surface area contributed by atoms with Gasteiger partial charge in [-0.25, -0.2) is 8.42 Å². The number of nitrogens with zero attached hydrogens (tertiary/aromatic N) is 3. The molecule has 2 aromatic heterocycles. The van der Waals surface area contributed by atoms with Gasteiger partial charge in [0.05, 0.1) is 35.4 Å². The maximum atomic E-state index is 13.0. The Bertz CT molecular complexity index is 1490. The summed E-state index contributed by atoms with van der Waals surface area (Å²) in [6, 6.07) is 16.3. The number of halogens is 2. The lowest BCUT2D eigenvalue weighted by Crippen LogP contribution is -2.30. The molecular formula is C23H25Cl2N5O4S2. The van der Waals surface area contributed by atoms with Crippen LogP contribution in [0.2, 0.25) is 4.34 Å². The molecule has 4 aromatic rings. The second-order valence-electron chi connectivity index (χ2n) is 7.98. The number of fused-ring (bicyclic) bond motifs is 1. The molecule has 1 amide bonds. The average Bonchev–Trinajstić information content (AvgIpc) is 3.37. The van der Waals surface area contributed by atoms with E-state index in [2.05, 4.69) is 9.82 Å². The number of carbonyl (C=O) groups excluding carboxylic acids is 1. The van der Waals surface area contributed by atoms with Crippen LogP contribution in [0.3, 0.4) is 0 Å². The van der Waals surface area contributed by atoms with Crippen molar-refractivity contribution in [2.24, 2.45) is 5.73 Å². The lowest BCUT2D eigenvalue weighted by Gasteiger charge is -2.15. The smallest absolute Gasteiger partial charge is 0.272 e. The highest BCUT2D eigenvalue weighted by Crippen LogP contribution is 2.35. The predicted molar refractivity (Wildman–Crippen MR) is 145 cm³/mol. The van der Waals surface area contributed by atoms with Gasteiger partial charge in [-0.15, -0.1) is 23.7 Å².